The number of fused-ring (bicyclic) bond motifs is 2. The highest BCUT2D eigenvalue weighted by atomic mass is 35.5. The Balaban J connectivity index is 2.13. The van der Waals surface area contributed by atoms with Gasteiger partial charge in [-0.3, -0.25) is 4.79 Å². The number of ether oxygens (including phenoxy) is 2. The van der Waals surface area contributed by atoms with Gasteiger partial charge in [-0.1, -0.05) is 52.5 Å². The van der Waals surface area contributed by atoms with Gasteiger partial charge in [0.05, 0.1) is 6.61 Å². The fraction of sp³-hybridized carbons (Fsp3) is 0.667. The zero-order valence-corrected chi connectivity index (χ0v) is 10.8. The molecule has 88 valence electrons. The molecule has 3 rings (SSSR count). The first-order chi connectivity index (χ1) is 7.32. The van der Waals surface area contributed by atoms with Crippen molar-refractivity contribution in [1.82, 2.24) is 0 Å². The highest BCUT2D eigenvalue weighted by Gasteiger charge is 2.74. The Hall–Kier alpha value is 0.490. The van der Waals surface area contributed by atoms with Crippen LogP contribution in [0.2, 0.25) is 0 Å². The maximum Gasteiger partial charge on any atom is 0.213 e. The van der Waals surface area contributed by atoms with Crippen molar-refractivity contribution in [2.75, 3.05) is 6.61 Å². The summed E-state index contributed by atoms with van der Waals surface area (Å²) < 4.78 is 7.18. The van der Waals surface area contributed by atoms with E-state index in [1.807, 2.05) is 0 Å². The second-order valence-corrected chi connectivity index (χ2v) is 6.75. The molecule has 3 atom stereocenters. The highest BCUT2D eigenvalue weighted by molar-refractivity contribution is 6.70. The number of halogens is 4. The Morgan fingerprint density at radius 1 is 1.31 bits per heavy atom. The molecule has 0 aliphatic carbocycles. The number of alkyl halides is 4. The Morgan fingerprint density at radius 3 is 2.50 bits per heavy atom. The highest BCUT2D eigenvalue weighted by Crippen LogP contribution is 2.58. The molecule has 0 saturated carbocycles. The van der Waals surface area contributed by atoms with Crippen molar-refractivity contribution < 1.29 is 14.3 Å². The molecule has 2 fully saturated rings. The second-order valence-electron chi connectivity index (χ2n) is 4.04. The standard InChI is InChI=1S/C9H6Cl4O3/c10-8(11)4-1-2-7(16-4,5-3-15-5)9(12,13)6(8)14/h1-2,4-5H,3H2/t4-,5-,7-/m1/s1. The van der Waals surface area contributed by atoms with Crippen LogP contribution in [0.1, 0.15) is 0 Å². The van der Waals surface area contributed by atoms with E-state index in [9.17, 15) is 4.79 Å². The summed E-state index contributed by atoms with van der Waals surface area (Å²) >= 11 is 24.0. The lowest BCUT2D eigenvalue weighted by Crippen LogP contribution is -2.66. The van der Waals surface area contributed by atoms with Gasteiger partial charge < -0.3 is 9.47 Å². The van der Waals surface area contributed by atoms with Gasteiger partial charge in [0.1, 0.15) is 12.2 Å². The molecule has 0 N–H and O–H groups in total. The number of epoxide rings is 1. The van der Waals surface area contributed by atoms with Gasteiger partial charge in [0.15, 0.2) is 5.60 Å². The number of ketones is 1. The molecule has 7 heteroatoms. The molecule has 0 aromatic rings. The van der Waals surface area contributed by atoms with Crippen molar-refractivity contribution in [3.63, 3.8) is 0 Å². The van der Waals surface area contributed by atoms with Crippen LogP contribution in [0.15, 0.2) is 12.2 Å². The Kier molecular flexibility index (Phi) is 2.23. The van der Waals surface area contributed by atoms with Gasteiger partial charge in [-0.15, -0.1) is 0 Å². The largest absolute Gasteiger partial charge is 0.369 e. The third-order valence-corrected chi connectivity index (χ3v) is 4.80. The molecule has 0 aromatic heterocycles. The quantitative estimate of drug-likeness (QED) is 0.422. The van der Waals surface area contributed by atoms with Crippen LogP contribution in [-0.4, -0.2) is 38.9 Å². The summed E-state index contributed by atoms with van der Waals surface area (Å²) in [5.74, 6) is -0.664. The Morgan fingerprint density at radius 2 is 1.94 bits per heavy atom. The average molecular weight is 304 g/mol. The molecule has 3 aliphatic heterocycles. The van der Waals surface area contributed by atoms with Crippen LogP contribution < -0.4 is 0 Å². The first-order valence-corrected chi connectivity index (χ1v) is 6.13. The monoisotopic (exact) mass is 302 g/mol. The summed E-state index contributed by atoms with van der Waals surface area (Å²) in [6.07, 6.45) is 2.17. The van der Waals surface area contributed by atoms with Crippen molar-refractivity contribution in [1.29, 1.82) is 0 Å². The van der Waals surface area contributed by atoms with Crippen LogP contribution in [0.5, 0.6) is 0 Å². The number of hydrogen-bond acceptors (Lipinski definition) is 3. The van der Waals surface area contributed by atoms with E-state index in [1.165, 1.54) is 0 Å². The molecule has 0 aromatic carbocycles. The van der Waals surface area contributed by atoms with Crippen LogP contribution in [0.3, 0.4) is 0 Å². The van der Waals surface area contributed by atoms with Crippen molar-refractivity contribution in [3.05, 3.63) is 12.2 Å². The molecule has 0 spiro atoms. The first kappa shape index (κ1) is 11.6. The SMILES string of the molecule is O=C1C(Cl)(Cl)[C@H]2C=C[C@]([C@H]3CO3)(O2)C1(Cl)Cl. The predicted molar refractivity (Wildman–Crippen MR) is 60.4 cm³/mol. The summed E-state index contributed by atoms with van der Waals surface area (Å²) in [6, 6.07) is 0. The zero-order valence-electron chi connectivity index (χ0n) is 7.75. The summed E-state index contributed by atoms with van der Waals surface area (Å²) in [5, 5.41) is 0. The van der Waals surface area contributed by atoms with E-state index in [2.05, 4.69) is 0 Å². The van der Waals surface area contributed by atoms with Crippen LogP contribution in [0, 0.1) is 0 Å². The number of rotatable bonds is 1. The van der Waals surface area contributed by atoms with Gasteiger partial charge >= 0.3 is 0 Å². The summed E-state index contributed by atoms with van der Waals surface area (Å²) in [4.78, 5) is 12.1. The van der Waals surface area contributed by atoms with Crippen molar-refractivity contribution in [2.45, 2.75) is 26.5 Å². The molecular formula is C9H6Cl4O3. The first-order valence-electron chi connectivity index (χ1n) is 4.62. The van der Waals surface area contributed by atoms with Gasteiger partial charge in [-0.05, 0) is 6.08 Å². The number of carbonyl (C=O) groups excluding carboxylic acids is 1. The smallest absolute Gasteiger partial charge is 0.213 e. The Bertz CT molecular complexity index is 402. The lowest BCUT2D eigenvalue weighted by molar-refractivity contribution is -0.143. The van der Waals surface area contributed by atoms with E-state index in [-0.39, 0.29) is 6.10 Å². The molecule has 0 unspecified atom stereocenters. The lowest BCUT2D eigenvalue weighted by atomic mass is 9.90. The maximum atomic E-state index is 12.1. The van der Waals surface area contributed by atoms with Crippen LogP contribution in [0.4, 0.5) is 0 Å². The van der Waals surface area contributed by atoms with E-state index in [1.54, 1.807) is 12.2 Å². The minimum Gasteiger partial charge on any atom is -0.369 e. The minimum absolute atomic E-state index is 0.322. The molecule has 2 bridgehead atoms. The normalized spacial score (nSPS) is 47.1. The molecule has 2 saturated heterocycles. The molecule has 3 nitrogen and oxygen atoms in total. The molecule has 0 amide bonds. The van der Waals surface area contributed by atoms with Gasteiger partial charge in [-0.2, -0.15) is 0 Å². The third kappa shape index (κ3) is 1.17. The van der Waals surface area contributed by atoms with Gasteiger partial charge in [0.25, 0.3) is 0 Å². The predicted octanol–water partition coefficient (Wildman–Crippen LogP) is 2.01. The maximum absolute atomic E-state index is 12.1. The lowest BCUT2D eigenvalue weighted by Gasteiger charge is -2.45. The van der Waals surface area contributed by atoms with Gasteiger partial charge in [0.2, 0.25) is 14.4 Å². The summed E-state index contributed by atoms with van der Waals surface area (Å²) in [6.45, 7) is 0.448. The summed E-state index contributed by atoms with van der Waals surface area (Å²) in [5.41, 5.74) is -1.16. The van der Waals surface area contributed by atoms with E-state index >= 15 is 0 Å². The van der Waals surface area contributed by atoms with E-state index in [4.69, 9.17) is 55.9 Å². The van der Waals surface area contributed by atoms with E-state index < -0.39 is 26.2 Å². The van der Waals surface area contributed by atoms with Gasteiger partial charge in [-0.25, -0.2) is 0 Å². The third-order valence-electron chi connectivity index (χ3n) is 3.09. The fourth-order valence-corrected chi connectivity index (χ4v) is 3.56. The topological polar surface area (TPSA) is 38.8 Å². The molecular weight excluding hydrogens is 298 g/mol. The molecule has 3 heterocycles. The van der Waals surface area contributed by atoms with Crippen molar-refractivity contribution in [2.24, 2.45) is 0 Å². The zero-order chi connectivity index (χ0) is 11.8. The minimum atomic E-state index is -1.83. The molecule has 3 aliphatic rings. The fourth-order valence-electron chi connectivity index (χ4n) is 2.09. The summed E-state index contributed by atoms with van der Waals surface area (Å²) in [7, 11) is 0. The van der Waals surface area contributed by atoms with Crippen molar-refractivity contribution in [3.8, 4) is 0 Å². The number of hydrogen-bond donors (Lipinski definition) is 0. The number of carbonyl (C=O) groups is 1. The number of Topliss-reactive ketones (excluding diaryl/α,β-unsaturated/α-hetero) is 1. The van der Waals surface area contributed by atoms with Crippen LogP contribution in [0.25, 0.3) is 0 Å². The van der Waals surface area contributed by atoms with E-state index in [0.717, 1.165) is 0 Å². The van der Waals surface area contributed by atoms with Crippen LogP contribution >= 0.6 is 46.4 Å². The molecule has 16 heavy (non-hydrogen) atoms. The van der Waals surface area contributed by atoms with Crippen LogP contribution in [-0.2, 0) is 14.3 Å². The average Bonchev–Trinajstić information content (AvgIpc) is 2.95. The van der Waals surface area contributed by atoms with Crippen molar-refractivity contribution >= 4 is 52.2 Å². The second kappa shape index (κ2) is 3.08. The van der Waals surface area contributed by atoms with E-state index in [0.29, 0.717) is 6.61 Å². The van der Waals surface area contributed by atoms with Gasteiger partial charge in [0, 0.05) is 0 Å². The molecule has 0 radical (unpaired) electrons. The Labute approximate surface area is 112 Å².